The maximum absolute atomic E-state index is 12.2. The Kier molecular flexibility index (Phi) is 4.10. The minimum absolute atomic E-state index is 0.134. The van der Waals surface area contributed by atoms with Gasteiger partial charge in [-0.3, -0.25) is 9.69 Å². The molecule has 1 aromatic rings. The van der Waals surface area contributed by atoms with Crippen molar-refractivity contribution >= 4 is 46.3 Å². The number of carboxylic acid groups (broad SMARTS) is 1. The van der Waals surface area contributed by atoms with Gasteiger partial charge in [0.05, 0.1) is 4.91 Å². The molecule has 2 N–H and O–H groups in total. The van der Waals surface area contributed by atoms with Crippen LogP contribution in [0.4, 0.5) is 0 Å². The molecule has 0 bridgehead atoms. The van der Waals surface area contributed by atoms with E-state index in [9.17, 15) is 14.7 Å². The first kappa shape index (κ1) is 14.5. The first-order valence-electron chi connectivity index (χ1n) is 5.69. The molecule has 1 aliphatic heterocycles. The molecule has 20 heavy (non-hydrogen) atoms. The monoisotopic (exact) mass is 309 g/mol. The Balaban J connectivity index is 2.28. The van der Waals surface area contributed by atoms with Crippen LogP contribution in [0.2, 0.25) is 0 Å². The van der Waals surface area contributed by atoms with Crippen LogP contribution in [0.5, 0.6) is 5.75 Å². The summed E-state index contributed by atoms with van der Waals surface area (Å²) in [5, 5.41) is 18.2. The van der Waals surface area contributed by atoms with Crippen molar-refractivity contribution < 1.29 is 19.8 Å². The van der Waals surface area contributed by atoms with Crippen molar-refractivity contribution in [3.63, 3.8) is 0 Å². The van der Waals surface area contributed by atoms with Gasteiger partial charge in [-0.2, -0.15) is 0 Å². The highest BCUT2D eigenvalue weighted by Gasteiger charge is 2.38. The van der Waals surface area contributed by atoms with E-state index >= 15 is 0 Å². The smallest absolute Gasteiger partial charge is 0.326 e. The zero-order valence-corrected chi connectivity index (χ0v) is 12.1. The number of carbonyl (C=O) groups excluding carboxylic acids is 1. The van der Waals surface area contributed by atoms with E-state index in [0.717, 1.165) is 22.2 Å². The summed E-state index contributed by atoms with van der Waals surface area (Å²) in [7, 11) is 0. The molecule has 0 aliphatic carbocycles. The van der Waals surface area contributed by atoms with Crippen molar-refractivity contribution in [2.24, 2.45) is 0 Å². The number of phenolic OH excluding ortho intramolecular Hbond substituents is 1. The summed E-state index contributed by atoms with van der Waals surface area (Å²) in [4.78, 5) is 24.6. The topological polar surface area (TPSA) is 77.8 Å². The first-order valence-corrected chi connectivity index (χ1v) is 6.91. The van der Waals surface area contributed by atoms with E-state index in [0.29, 0.717) is 4.91 Å². The first-order chi connectivity index (χ1) is 9.40. The average molecular weight is 309 g/mol. The van der Waals surface area contributed by atoms with Crippen molar-refractivity contribution in [2.45, 2.75) is 13.0 Å². The molecule has 1 saturated heterocycles. The fourth-order valence-corrected chi connectivity index (χ4v) is 3.06. The molecule has 0 spiro atoms. The second-order valence-electron chi connectivity index (χ2n) is 4.16. The van der Waals surface area contributed by atoms with Crippen LogP contribution in [-0.2, 0) is 9.59 Å². The van der Waals surface area contributed by atoms with E-state index < -0.39 is 17.9 Å². The largest absolute Gasteiger partial charge is 0.508 e. The Morgan fingerprint density at radius 2 is 2.00 bits per heavy atom. The predicted molar refractivity (Wildman–Crippen MR) is 80.2 cm³/mol. The van der Waals surface area contributed by atoms with Gasteiger partial charge in [-0.15, -0.1) is 0 Å². The third-order valence-corrected chi connectivity index (χ3v) is 4.09. The number of thiocarbonyl (C=S) groups is 1. The zero-order chi connectivity index (χ0) is 14.9. The molecule has 104 valence electrons. The van der Waals surface area contributed by atoms with Crippen LogP contribution in [0.1, 0.15) is 12.5 Å². The summed E-state index contributed by atoms with van der Waals surface area (Å²) in [6, 6.07) is 5.33. The normalized spacial score (nSPS) is 18.6. The lowest BCUT2D eigenvalue weighted by Gasteiger charge is -2.18. The molecule has 0 radical (unpaired) electrons. The van der Waals surface area contributed by atoms with Crippen LogP contribution in [0.3, 0.4) is 0 Å². The molecular formula is C13H11NO4S2. The third kappa shape index (κ3) is 2.83. The van der Waals surface area contributed by atoms with Crippen LogP contribution >= 0.6 is 24.0 Å². The Hall–Kier alpha value is -1.86. The fourth-order valence-electron chi connectivity index (χ4n) is 1.65. The number of aromatic hydroxyl groups is 1. The van der Waals surface area contributed by atoms with E-state index in [1.54, 1.807) is 18.2 Å². The van der Waals surface area contributed by atoms with Gasteiger partial charge in [0, 0.05) is 0 Å². The summed E-state index contributed by atoms with van der Waals surface area (Å²) in [6.07, 6.45) is 1.62. The average Bonchev–Trinajstić information content (AvgIpc) is 2.66. The van der Waals surface area contributed by atoms with Crippen LogP contribution in [0.15, 0.2) is 29.2 Å². The Labute approximate surface area is 124 Å². The molecule has 7 heteroatoms. The van der Waals surface area contributed by atoms with Gasteiger partial charge in [-0.05, 0) is 30.7 Å². The van der Waals surface area contributed by atoms with Crippen LogP contribution in [0, 0.1) is 0 Å². The molecule has 1 aromatic carbocycles. The number of benzene rings is 1. The van der Waals surface area contributed by atoms with Crippen molar-refractivity contribution in [3.8, 4) is 5.75 Å². The lowest BCUT2D eigenvalue weighted by Crippen LogP contribution is -2.41. The van der Waals surface area contributed by atoms with Gasteiger partial charge in [-0.25, -0.2) is 4.79 Å². The highest BCUT2D eigenvalue weighted by atomic mass is 32.2. The number of carbonyl (C=O) groups is 2. The number of amides is 1. The second kappa shape index (κ2) is 5.64. The number of hydrogen-bond acceptors (Lipinski definition) is 5. The minimum atomic E-state index is -1.10. The molecule has 5 nitrogen and oxygen atoms in total. The molecule has 0 saturated carbocycles. The Morgan fingerprint density at radius 1 is 1.40 bits per heavy atom. The SMILES string of the molecule is C[C@H](C(=O)O)N1C(=O)/C(=C\c2ccc(O)cc2)SC1=S. The molecule has 2 rings (SSSR count). The lowest BCUT2D eigenvalue weighted by atomic mass is 10.2. The highest BCUT2D eigenvalue weighted by Crippen LogP contribution is 2.34. The summed E-state index contributed by atoms with van der Waals surface area (Å²) in [5.41, 5.74) is 0.728. The zero-order valence-electron chi connectivity index (χ0n) is 10.4. The van der Waals surface area contributed by atoms with Gasteiger partial charge < -0.3 is 10.2 Å². The van der Waals surface area contributed by atoms with Gasteiger partial charge in [0.15, 0.2) is 0 Å². The van der Waals surface area contributed by atoms with Crippen molar-refractivity contribution in [3.05, 3.63) is 34.7 Å². The maximum atomic E-state index is 12.2. The van der Waals surface area contributed by atoms with Gasteiger partial charge in [0.1, 0.15) is 16.1 Å². The molecule has 0 unspecified atom stereocenters. The second-order valence-corrected chi connectivity index (χ2v) is 5.83. The Morgan fingerprint density at radius 3 is 2.55 bits per heavy atom. The molecule has 1 amide bonds. The number of nitrogens with zero attached hydrogens (tertiary/aromatic N) is 1. The van der Waals surface area contributed by atoms with Gasteiger partial charge in [0.25, 0.3) is 5.91 Å². The predicted octanol–water partition coefficient (Wildman–Crippen LogP) is 2.07. The highest BCUT2D eigenvalue weighted by molar-refractivity contribution is 8.26. The van der Waals surface area contributed by atoms with Crippen molar-refractivity contribution in [1.29, 1.82) is 0 Å². The van der Waals surface area contributed by atoms with Crippen LogP contribution in [-0.4, -0.2) is 37.4 Å². The van der Waals surface area contributed by atoms with E-state index in [1.165, 1.54) is 19.1 Å². The molecule has 0 aromatic heterocycles. The third-order valence-electron chi connectivity index (χ3n) is 2.76. The van der Waals surface area contributed by atoms with Crippen LogP contribution < -0.4 is 0 Å². The number of aliphatic carboxylic acids is 1. The number of carboxylic acids is 1. The maximum Gasteiger partial charge on any atom is 0.326 e. The quantitative estimate of drug-likeness (QED) is 0.657. The van der Waals surface area contributed by atoms with E-state index in [2.05, 4.69) is 0 Å². The van der Waals surface area contributed by atoms with Crippen LogP contribution in [0.25, 0.3) is 6.08 Å². The Bertz CT molecular complexity index is 609. The molecule has 1 fully saturated rings. The lowest BCUT2D eigenvalue weighted by molar-refractivity contribution is -0.144. The summed E-state index contributed by atoms with van der Waals surface area (Å²) in [5.74, 6) is -1.38. The van der Waals surface area contributed by atoms with E-state index in [4.69, 9.17) is 17.3 Å². The summed E-state index contributed by atoms with van der Waals surface area (Å²) in [6.45, 7) is 1.41. The van der Waals surface area contributed by atoms with E-state index in [1.807, 2.05) is 0 Å². The number of rotatable bonds is 3. The summed E-state index contributed by atoms with van der Waals surface area (Å²) < 4.78 is 0.231. The van der Waals surface area contributed by atoms with Gasteiger partial charge in [0.2, 0.25) is 0 Å². The summed E-state index contributed by atoms with van der Waals surface area (Å²) >= 11 is 6.12. The molecule has 1 heterocycles. The van der Waals surface area contributed by atoms with Gasteiger partial charge in [-0.1, -0.05) is 36.1 Å². The van der Waals surface area contributed by atoms with Crippen molar-refractivity contribution in [2.75, 3.05) is 0 Å². The molecule has 1 aliphatic rings. The number of thioether (sulfide) groups is 1. The minimum Gasteiger partial charge on any atom is -0.508 e. The van der Waals surface area contributed by atoms with Gasteiger partial charge >= 0.3 is 5.97 Å². The number of hydrogen-bond donors (Lipinski definition) is 2. The fraction of sp³-hybridized carbons (Fsp3) is 0.154. The van der Waals surface area contributed by atoms with Crippen molar-refractivity contribution in [1.82, 2.24) is 4.90 Å². The molecule has 1 atom stereocenters. The standard InChI is InChI=1S/C13H11NO4S2/c1-7(12(17)18)14-11(16)10(20-13(14)19)6-8-2-4-9(15)5-3-8/h2-7,15H,1H3,(H,17,18)/b10-6+/t7-/m1/s1. The number of phenols is 1. The van der Waals surface area contributed by atoms with E-state index in [-0.39, 0.29) is 10.1 Å². The molecular weight excluding hydrogens is 298 g/mol.